The highest BCUT2D eigenvalue weighted by atomic mass is 32.1. The Morgan fingerprint density at radius 3 is 2.82 bits per heavy atom. The molecule has 0 atom stereocenters. The highest BCUT2D eigenvalue weighted by molar-refractivity contribution is 7.15. The van der Waals surface area contributed by atoms with Gasteiger partial charge in [0.05, 0.1) is 4.88 Å². The average molecular weight is 250 g/mol. The van der Waals surface area contributed by atoms with Gasteiger partial charge in [-0.15, -0.1) is 0 Å². The van der Waals surface area contributed by atoms with Crippen molar-refractivity contribution in [2.45, 2.75) is 13.5 Å². The van der Waals surface area contributed by atoms with Gasteiger partial charge < -0.3 is 4.74 Å². The van der Waals surface area contributed by atoms with Gasteiger partial charge in [0.15, 0.2) is 10.8 Å². The number of halogens is 1. The molecule has 1 heterocycles. The fourth-order valence-corrected chi connectivity index (χ4v) is 2.12. The van der Waals surface area contributed by atoms with E-state index in [0.29, 0.717) is 16.5 Å². The number of hydrogen-bond acceptors (Lipinski definition) is 3. The number of ketones is 1. The van der Waals surface area contributed by atoms with Gasteiger partial charge in [-0.2, -0.15) is 0 Å². The van der Waals surface area contributed by atoms with Gasteiger partial charge in [-0.3, -0.25) is 4.79 Å². The van der Waals surface area contributed by atoms with Crippen molar-refractivity contribution in [2.24, 2.45) is 0 Å². The molecular weight excluding hydrogens is 239 g/mol. The van der Waals surface area contributed by atoms with Gasteiger partial charge in [0.25, 0.3) is 0 Å². The van der Waals surface area contributed by atoms with E-state index in [1.54, 1.807) is 24.3 Å². The van der Waals surface area contributed by atoms with E-state index in [9.17, 15) is 9.18 Å². The molecule has 0 amide bonds. The molecule has 0 fully saturated rings. The van der Waals surface area contributed by atoms with Crippen LogP contribution in [-0.2, 0) is 6.61 Å². The van der Waals surface area contributed by atoms with Crippen molar-refractivity contribution in [1.29, 1.82) is 0 Å². The van der Waals surface area contributed by atoms with Crippen LogP contribution in [-0.4, -0.2) is 5.78 Å². The first-order valence-corrected chi connectivity index (χ1v) is 5.95. The summed E-state index contributed by atoms with van der Waals surface area (Å²) in [4.78, 5) is 11.7. The third-order valence-electron chi connectivity index (χ3n) is 2.20. The first-order valence-electron chi connectivity index (χ1n) is 5.13. The van der Waals surface area contributed by atoms with E-state index in [4.69, 9.17) is 4.74 Å². The lowest BCUT2D eigenvalue weighted by molar-refractivity contribution is 0.102. The first kappa shape index (κ1) is 11.8. The highest BCUT2D eigenvalue weighted by Gasteiger charge is 2.05. The molecule has 0 saturated heterocycles. The fourth-order valence-electron chi connectivity index (χ4n) is 1.37. The Morgan fingerprint density at radius 1 is 1.35 bits per heavy atom. The van der Waals surface area contributed by atoms with Crippen LogP contribution in [0.4, 0.5) is 4.39 Å². The Kier molecular flexibility index (Phi) is 3.54. The summed E-state index contributed by atoms with van der Waals surface area (Å²) in [5, 5.41) is 0.666. The maximum absolute atomic E-state index is 12.9. The normalized spacial score (nSPS) is 10.2. The highest BCUT2D eigenvalue weighted by Crippen LogP contribution is 2.25. The molecule has 88 valence electrons. The van der Waals surface area contributed by atoms with Gasteiger partial charge in [0, 0.05) is 0 Å². The smallest absolute Gasteiger partial charge is 0.174 e. The van der Waals surface area contributed by atoms with Crippen molar-refractivity contribution in [3.05, 3.63) is 52.7 Å². The molecule has 2 rings (SSSR count). The lowest BCUT2D eigenvalue weighted by Gasteiger charge is -2.03. The summed E-state index contributed by atoms with van der Waals surface area (Å²) in [5.41, 5.74) is 0.766. The molecule has 2 aromatic rings. The molecule has 2 nitrogen and oxygen atoms in total. The summed E-state index contributed by atoms with van der Waals surface area (Å²) < 4.78 is 18.4. The monoisotopic (exact) mass is 250 g/mol. The first-order chi connectivity index (χ1) is 8.15. The van der Waals surface area contributed by atoms with E-state index >= 15 is 0 Å². The Balaban J connectivity index is 2.00. The van der Waals surface area contributed by atoms with E-state index < -0.39 is 0 Å². The maximum atomic E-state index is 12.9. The number of benzene rings is 1. The van der Waals surface area contributed by atoms with E-state index in [-0.39, 0.29) is 11.6 Å². The van der Waals surface area contributed by atoms with Crippen molar-refractivity contribution < 1.29 is 13.9 Å². The molecule has 0 N–H and O–H groups in total. The second-order valence-corrected chi connectivity index (χ2v) is 4.64. The zero-order chi connectivity index (χ0) is 12.3. The summed E-state index contributed by atoms with van der Waals surface area (Å²) in [7, 11) is 0. The summed E-state index contributed by atoms with van der Waals surface area (Å²) >= 11 is 1.30. The average Bonchev–Trinajstić information content (AvgIpc) is 2.75. The number of Topliss-reactive ketones (excluding diaryl/α,β-unsaturated/α-hetero) is 1. The van der Waals surface area contributed by atoms with E-state index in [2.05, 4.69) is 0 Å². The van der Waals surface area contributed by atoms with Crippen LogP contribution in [0.1, 0.15) is 22.2 Å². The van der Waals surface area contributed by atoms with Gasteiger partial charge in [-0.25, -0.2) is 4.39 Å². The van der Waals surface area contributed by atoms with Crippen molar-refractivity contribution in [1.82, 2.24) is 0 Å². The summed E-state index contributed by atoms with van der Waals surface area (Å²) in [6.45, 7) is 1.82. The van der Waals surface area contributed by atoms with Crippen LogP contribution in [0.25, 0.3) is 0 Å². The van der Waals surface area contributed by atoms with Crippen molar-refractivity contribution >= 4 is 17.1 Å². The van der Waals surface area contributed by atoms with Crippen LogP contribution in [0.3, 0.4) is 0 Å². The van der Waals surface area contributed by atoms with E-state index in [1.807, 2.05) is 0 Å². The summed E-state index contributed by atoms with van der Waals surface area (Å²) in [6, 6.07) is 9.74. The number of carbonyl (C=O) groups excluding carboxylic acids is 1. The molecule has 0 unspecified atom stereocenters. The minimum atomic E-state index is -0.276. The Hall–Kier alpha value is -1.68. The van der Waals surface area contributed by atoms with E-state index in [0.717, 1.165) is 5.56 Å². The van der Waals surface area contributed by atoms with Crippen molar-refractivity contribution in [3.63, 3.8) is 0 Å². The molecule has 0 aliphatic carbocycles. The number of rotatable bonds is 4. The van der Waals surface area contributed by atoms with E-state index in [1.165, 1.54) is 30.4 Å². The number of ether oxygens (including phenoxy) is 1. The van der Waals surface area contributed by atoms with Gasteiger partial charge in [-0.05, 0) is 36.8 Å². The van der Waals surface area contributed by atoms with Crippen LogP contribution in [0.2, 0.25) is 0 Å². The van der Waals surface area contributed by atoms with Crippen LogP contribution >= 0.6 is 11.3 Å². The molecular formula is C13H11FO2S. The van der Waals surface area contributed by atoms with Crippen molar-refractivity contribution in [2.75, 3.05) is 0 Å². The topological polar surface area (TPSA) is 26.3 Å². The van der Waals surface area contributed by atoms with Crippen LogP contribution < -0.4 is 4.74 Å². The molecule has 0 aliphatic rings. The fraction of sp³-hybridized carbons (Fsp3) is 0.154. The molecule has 0 spiro atoms. The molecule has 0 radical (unpaired) electrons. The number of hydrogen-bond donors (Lipinski definition) is 0. The predicted molar refractivity (Wildman–Crippen MR) is 65.1 cm³/mol. The number of carbonyl (C=O) groups is 1. The lowest BCUT2D eigenvalue weighted by atomic mass is 10.2. The minimum absolute atomic E-state index is 0.0237. The predicted octanol–water partition coefficient (Wildman–Crippen LogP) is 3.67. The largest absolute Gasteiger partial charge is 0.479 e. The zero-order valence-electron chi connectivity index (χ0n) is 9.27. The molecule has 1 aromatic carbocycles. The Labute approximate surface area is 103 Å². The molecule has 17 heavy (non-hydrogen) atoms. The quantitative estimate of drug-likeness (QED) is 0.774. The summed E-state index contributed by atoms with van der Waals surface area (Å²) in [5.74, 6) is -0.252. The van der Waals surface area contributed by atoms with Gasteiger partial charge in [-0.1, -0.05) is 23.5 Å². The van der Waals surface area contributed by atoms with Crippen LogP contribution in [0, 0.1) is 5.82 Å². The van der Waals surface area contributed by atoms with Crippen molar-refractivity contribution in [3.8, 4) is 5.06 Å². The zero-order valence-corrected chi connectivity index (χ0v) is 10.1. The van der Waals surface area contributed by atoms with Gasteiger partial charge in [0.2, 0.25) is 0 Å². The molecule has 0 aliphatic heterocycles. The molecule has 4 heteroatoms. The minimum Gasteiger partial charge on any atom is -0.479 e. The second kappa shape index (κ2) is 5.10. The standard InChI is InChI=1S/C13H11FO2S/c1-9(15)12-5-6-13(17-12)16-8-10-3-2-4-11(14)7-10/h2-7H,8H2,1H3. The third kappa shape index (κ3) is 3.14. The third-order valence-corrected chi connectivity index (χ3v) is 3.30. The maximum Gasteiger partial charge on any atom is 0.174 e. The summed E-state index contributed by atoms with van der Waals surface area (Å²) in [6.07, 6.45) is 0. The second-order valence-electron chi connectivity index (χ2n) is 3.59. The van der Waals surface area contributed by atoms with Crippen LogP contribution in [0.5, 0.6) is 5.06 Å². The lowest BCUT2D eigenvalue weighted by Crippen LogP contribution is -1.94. The molecule has 1 aromatic heterocycles. The molecule has 0 bridgehead atoms. The van der Waals surface area contributed by atoms with Gasteiger partial charge >= 0.3 is 0 Å². The SMILES string of the molecule is CC(=O)c1ccc(OCc2cccc(F)c2)s1. The molecule has 0 saturated carbocycles. The Morgan fingerprint density at radius 2 is 2.18 bits per heavy atom. The van der Waals surface area contributed by atoms with Gasteiger partial charge in [0.1, 0.15) is 12.4 Å². The Bertz CT molecular complexity index is 534. The van der Waals surface area contributed by atoms with Crippen LogP contribution in [0.15, 0.2) is 36.4 Å². The number of thiophene rings is 1.